The third-order valence-electron chi connectivity index (χ3n) is 4.17. The van der Waals surface area contributed by atoms with Gasteiger partial charge in [-0.2, -0.15) is 0 Å². The van der Waals surface area contributed by atoms with Crippen molar-refractivity contribution in [2.75, 3.05) is 25.5 Å². The zero-order chi connectivity index (χ0) is 19.3. The van der Waals surface area contributed by atoms with Gasteiger partial charge in [-0.1, -0.05) is 32.0 Å². The van der Waals surface area contributed by atoms with Gasteiger partial charge in [-0.3, -0.25) is 9.59 Å². The number of rotatable bonds is 7. The van der Waals surface area contributed by atoms with Crippen LogP contribution >= 0.6 is 0 Å². The van der Waals surface area contributed by atoms with Gasteiger partial charge >= 0.3 is 0 Å². The number of carbonyl (C=O) groups excluding carboxylic acids is 2. The molecular formula is C19H27N5O2. The number of aromatic nitrogens is 1. The van der Waals surface area contributed by atoms with Crippen molar-refractivity contribution in [3.8, 4) is 0 Å². The Bertz CT molecular complexity index is 789. The predicted molar refractivity (Wildman–Crippen MR) is 104 cm³/mol. The molecule has 4 N–H and O–H groups in total. The molecule has 7 nitrogen and oxygen atoms in total. The topological polar surface area (TPSA) is 100 Å². The summed E-state index contributed by atoms with van der Waals surface area (Å²) in [6, 6.07) is 9.14. The van der Waals surface area contributed by atoms with Gasteiger partial charge in [0.1, 0.15) is 5.82 Å². The van der Waals surface area contributed by atoms with Crippen LogP contribution < -0.4 is 21.3 Å². The SMILES string of the molecule is CC(C)[C@H](N)C(=O)NCC(=O)NCc1cc(N(C)C)nc2ccccc12. The summed E-state index contributed by atoms with van der Waals surface area (Å²) in [6.07, 6.45) is 0. The number of carbonyl (C=O) groups is 2. The number of hydrogen-bond acceptors (Lipinski definition) is 5. The van der Waals surface area contributed by atoms with Crippen molar-refractivity contribution >= 4 is 28.5 Å². The van der Waals surface area contributed by atoms with Gasteiger partial charge in [0.2, 0.25) is 11.8 Å². The van der Waals surface area contributed by atoms with Crippen molar-refractivity contribution in [3.63, 3.8) is 0 Å². The summed E-state index contributed by atoms with van der Waals surface area (Å²) >= 11 is 0. The molecule has 0 bridgehead atoms. The molecule has 2 aromatic rings. The lowest BCUT2D eigenvalue weighted by atomic mass is 10.1. The van der Waals surface area contributed by atoms with E-state index in [2.05, 4.69) is 15.6 Å². The molecule has 0 aliphatic rings. The maximum atomic E-state index is 12.1. The lowest BCUT2D eigenvalue weighted by Crippen LogP contribution is -2.47. The Hall–Kier alpha value is -2.67. The molecule has 0 spiro atoms. The van der Waals surface area contributed by atoms with Crippen LogP contribution in [0.1, 0.15) is 19.4 Å². The fourth-order valence-electron chi connectivity index (χ4n) is 2.45. The Morgan fingerprint density at radius 3 is 2.54 bits per heavy atom. The van der Waals surface area contributed by atoms with E-state index in [4.69, 9.17) is 5.73 Å². The van der Waals surface area contributed by atoms with Crippen LogP contribution in [-0.2, 0) is 16.1 Å². The number of amides is 2. The standard InChI is InChI=1S/C19H27N5O2/c1-12(2)18(20)19(26)22-11-17(25)21-10-13-9-16(24(3)4)23-15-8-6-5-7-14(13)15/h5-9,12,18H,10-11,20H2,1-4H3,(H,21,25)(H,22,26)/t18-/m0/s1. The van der Waals surface area contributed by atoms with Crippen LogP contribution in [0.2, 0.25) is 0 Å². The van der Waals surface area contributed by atoms with E-state index in [1.54, 1.807) is 0 Å². The van der Waals surface area contributed by atoms with Gasteiger partial charge in [-0.05, 0) is 23.6 Å². The highest BCUT2D eigenvalue weighted by Crippen LogP contribution is 2.21. The van der Waals surface area contributed by atoms with Gasteiger partial charge in [-0.15, -0.1) is 0 Å². The highest BCUT2D eigenvalue weighted by atomic mass is 16.2. The summed E-state index contributed by atoms with van der Waals surface area (Å²) in [5, 5.41) is 6.40. The van der Waals surface area contributed by atoms with Crippen molar-refractivity contribution in [3.05, 3.63) is 35.9 Å². The third kappa shape index (κ3) is 4.92. The van der Waals surface area contributed by atoms with Crippen LogP contribution in [0.5, 0.6) is 0 Å². The molecule has 2 amide bonds. The molecule has 1 heterocycles. The first-order valence-electron chi connectivity index (χ1n) is 8.65. The normalized spacial score (nSPS) is 12.1. The van der Waals surface area contributed by atoms with Crippen molar-refractivity contribution in [2.24, 2.45) is 11.7 Å². The Morgan fingerprint density at radius 2 is 1.88 bits per heavy atom. The van der Waals surface area contributed by atoms with Crippen molar-refractivity contribution in [1.82, 2.24) is 15.6 Å². The Balaban J connectivity index is 2.02. The number of fused-ring (bicyclic) bond motifs is 1. The fraction of sp³-hybridized carbons (Fsp3) is 0.421. The minimum Gasteiger partial charge on any atom is -0.363 e. The monoisotopic (exact) mass is 357 g/mol. The molecule has 1 aromatic carbocycles. The second kappa shape index (κ2) is 8.62. The number of para-hydroxylation sites is 1. The van der Waals surface area contributed by atoms with Crippen molar-refractivity contribution in [1.29, 1.82) is 0 Å². The Labute approximate surface area is 154 Å². The molecule has 0 saturated heterocycles. The average molecular weight is 357 g/mol. The van der Waals surface area contributed by atoms with Gasteiger partial charge in [0, 0.05) is 26.0 Å². The highest BCUT2D eigenvalue weighted by Gasteiger charge is 2.17. The van der Waals surface area contributed by atoms with Crippen LogP contribution in [0.15, 0.2) is 30.3 Å². The second-order valence-corrected chi connectivity index (χ2v) is 6.82. The minimum absolute atomic E-state index is 0.0192. The van der Waals surface area contributed by atoms with Crippen LogP contribution in [0.25, 0.3) is 10.9 Å². The number of pyridine rings is 1. The Morgan fingerprint density at radius 1 is 1.19 bits per heavy atom. The summed E-state index contributed by atoms with van der Waals surface area (Å²) in [4.78, 5) is 30.4. The lowest BCUT2D eigenvalue weighted by Gasteiger charge is -2.16. The first-order valence-corrected chi connectivity index (χ1v) is 8.65. The maximum Gasteiger partial charge on any atom is 0.239 e. The maximum absolute atomic E-state index is 12.1. The van der Waals surface area contributed by atoms with E-state index in [0.717, 1.165) is 22.3 Å². The Kier molecular flexibility index (Phi) is 6.52. The third-order valence-corrected chi connectivity index (χ3v) is 4.17. The highest BCUT2D eigenvalue weighted by molar-refractivity contribution is 5.88. The van der Waals surface area contributed by atoms with E-state index in [-0.39, 0.29) is 24.3 Å². The van der Waals surface area contributed by atoms with Crippen LogP contribution in [-0.4, -0.2) is 43.5 Å². The molecule has 7 heteroatoms. The lowest BCUT2D eigenvalue weighted by molar-refractivity contribution is -0.127. The van der Waals surface area contributed by atoms with Gasteiger partial charge in [0.25, 0.3) is 0 Å². The molecule has 0 saturated carbocycles. The number of nitrogens with one attached hydrogen (secondary N) is 2. The first-order chi connectivity index (χ1) is 12.3. The van der Waals surface area contributed by atoms with E-state index in [1.807, 2.05) is 63.2 Å². The molecule has 0 radical (unpaired) electrons. The van der Waals surface area contributed by atoms with Crippen LogP contribution in [0.4, 0.5) is 5.82 Å². The van der Waals surface area contributed by atoms with E-state index in [0.29, 0.717) is 6.54 Å². The van der Waals surface area contributed by atoms with Gasteiger partial charge in [-0.25, -0.2) is 4.98 Å². The summed E-state index contributed by atoms with van der Waals surface area (Å²) in [5.74, 6) is 0.260. The molecule has 1 aromatic heterocycles. The molecule has 140 valence electrons. The van der Waals surface area contributed by atoms with E-state index < -0.39 is 6.04 Å². The molecule has 1 atom stereocenters. The molecule has 0 unspecified atom stereocenters. The number of nitrogens with zero attached hydrogens (tertiary/aromatic N) is 2. The smallest absolute Gasteiger partial charge is 0.239 e. The quantitative estimate of drug-likeness (QED) is 0.687. The minimum atomic E-state index is -0.616. The van der Waals surface area contributed by atoms with Gasteiger partial charge in [0.15, 0.2) is 0 Å². The first kappa shape index (κ1) is 19.7. The van der Waals surface area contributed by atoms with Gasteiger partial charge < -0.3 is 21.3 Å². The molecule has 2 rings (SSSR count). The van der Waals surface area contributed by atoms with Crippen molar-refractivity contribution < 1.29 is 9.59 Å². The number of anilines is 1. The molecule has 0 fully saturated rings. The molecule has 0 aliphatic heterocycles. The summed E-state index contributed by atoms with van der Waals surface area (Å²) in [7, 11) is 3.85. The second-order valence-electron chi connectivity index (χ2n) is 6.82. The fourth-order valence-corrected chi connectivity index (χ4v) is 2.45. The summed E-state index contributed by atoms with van der Waals surface area (Å²) < 4.78 is 0. The largest absolute Gasteiger partial charge is 0.363 e. The van der Waals surface area contributed by atoms with E-state index in [9.17, 15) is 9.59 Å². The average Bonchev–Trinajstić information content (AvgIpc) is 2.62. The molecular weight excluding hydrogens is 330 g/mol. The number of benzene rings is 1. The van der Waals surface area contributed by atoms with Crippen molar-refractivity contribution in [2.45, 2.75) is 26.4 Å². The zero-order valence-corrected chi connectivity index (χ0v) is 15.7. The summed E-state index contributed by atoms with van der Waals surface area (Å²) in [6.45, 7) is 3.99. The van der Waals surface area contributed by atoms with Crippen LogP contribution in [0, 0.1) is 5.92 Å². The number of nitrogens with two attached hydrogens (primary N) is 1. The number of hydrogen-bond donors (Lipinski definition) is 3. The molecule has 26 heavy (non-hydrogen) atoms. The van der Waals surface area contributed by atoms with Gasteiger partial charge in [0.05, 0.1) is 18.1 Å². The molecule has 0 aliphatic carbocycles. The van der Waals surface area contributed by atoms with E-state index in [1.165, 1.54) is 0 Å². The predicted octanol–water partition coefficient (Wildman–Crippen LogP) is 1.02. The van der Waals surface area contributed by atoms with Crippen LogP contribution in [0.3, 0.4) is 0 Å². The zero-order valence-electron chi connectivity index (χ0n) is 15.7. The summed E-state index contributed by atoms with van der Waals surface area (Å²) in [5.41, 5.74) is 7.61. The van der Waals surface area contributed by atoms with E-state index >= 15 is 0 Å².